The molecule has 9 nitrogen and oxygen atoms in total. The average molecular weight is 340 g/mol. The van der Waals surface area contributed by atoms with Crippen LogP contribution in [0.3, 0.4) is 0 Å². The number of ether oxygens (including phenoxy) is 2. The lowest BCUT2D eigenvalue weighted by Gasteiger charge is -2.34. The average Bonchev–Trinajstić information content (AvgIpc) is 2.82. The Kier molecular flexibility index (Phi) is 5.89. The summed E-state index contributed by atoms with van der Waals surface area (Å²) in [5.41, 5.74) is 0.404. The van der Waals surface area contributed by atoms with Crippen molar-refractivity contribution in [3.63, 3.8) is 0 Å². The first kappa shape index (κ1) is 18.3. The number of aromatic nitrogens is 2. The zero-order valence-electron chi connectivity index (χ0n) is 14.6. The molecule has 0 radical (unpaired) electrons. The molecule has 0 saturated carbocycles. The Balaban J connectivity index is 2.05. The van der Waals surface area contributed by atoms with Gasteiger partial charge in [0.15, 0.2) is 0 Å². The molecule has 0 unspecified atom stereocenters. The van der Waals surface area contributed by atoms with Gasteiger partial charge in [0, 0.05) is 27.6 Å². The monoisotopic (exact) mass is 340 g/mol. The van der Waals surface area contributed by atoms with Gasteiger partial charge in [-0.2, -0.15) is 0 Å². The van der Waals surface area contributed by atoms with E-state index in [0.717, 1.165) is 0 Å². The maximum absolute atomic E-state index is 12.6. The van der Waals surface area contributed by atoms with Crippen LogP contribution in [0.5, 0.6) is 0 Å². The van der Waals surface area contributed by atoms with Gasteiger partial charge in [0.25, 0.3) is 0 Å². The van der Waals surface area contributed by atoms with Crippen LogP contribution in [-0.4, -0.2) is 78.0 Å². The SMILES string of the molecule is CO[C@]1(CC(=O)N(C)Cc2nonc2C)COCCN(C(C)=O)C1. The van der Waals surface area contributed by atoms with E-state index in [-0.39, 0.29) is 24.8 Å². The number of methoxy groups -OCH3 is 1. The molecule has 0 bridgehead atoms. The number of rotatable bonds is 5. The summed E-state index contributed by atoms with van der Waals surface area (Å²) in [5.74, 6) is -0.194. The summed E-state index contributed by atoms with van der Waals surface area (Å²) in [4.78, 5) is 27.5. The van der Waals surface area contributed by atoms with Crippen LogP contribution in [0.25, 0.3) is 0 Å². The molecule has 2 rings (SSSR count). The van der Waals surface area contributed by atoms with Gasteiger partial charge in [0.2, 0.25) is 11.8 Å². The first-order valence-corrected chi connectivity index (χ1v) is 7.77. The molecule has 9 heteroatoms. The Hall–Kier alpha value is -2.00. The van der Waals surface area contributed by atoms with Crippen molar-refractivity contribution in [3.8, 4) is 0 Å². The molecule has 1 saturated heterocycles. The molecule has 1 aromatic rings. The summed E-state index contributed by atoms with van der Waals surface area (Å²) < 4.78 is 15.8. The topological polar surface area (TPSA) is 98.0 Å². The van der Waals surface area contributed by atoms with E-state index in [1.54, 1.807) is 18.9 Å². The third kappa shape index (κ3) is 4.30. The fourth-order valence-corrected chi connectivity index (χ4v) is 2.59. The summed E-state index contributed by atoms with van der Waals surface area (Å²) >= 11 is 0. The lowest BCUT2D eigenvalue weighted by molar-refractivity contribution is -0.145. The van der Waals surface area contributed by atoms with Crippen LogP contribution in [-0.2, 0) is 25.6 Å². The highest BCUT2D eigenvalue weighted by Crippen LogP contribution is 2.22. The van der Waals surface area contributed by atoms with E-state index in [9.17, 15) is 9.59 Å². The molecule has 2 heterocycles. The summed E-state index contributed by atoms with van der Waals surface area (Å²) in [7, 11) is 3.21. The molecule has 1 fully saturated rings. The maximum Gasteiger partial charge on any atom is 0.225 e. The van der Waals surface area contributed by atoms with Gasteiger partial charge in [-0.25, -0.2) is 4.63 Å². The van der Waals surface area contributed by atoms with Gasteiger partial charge < -0.3 is 19.3 Å². The summed E-state index contributed by atoms with van der Waals surface area (Å²) in [5, 5.41) is 7.49. The van der Waals surface area contributed by atoms with E-state index in [0.29, 0.717) is 37.6 Å². The smallest absolute Gasteiger partial charge is 0.225 e. The summed E-state index contributed by atoms with van der Waals surface area (Å²) in [6, 6.07) is 0. The van der Waals surface area contributed by atoms with E-state index in [1.807, 2.05) is 0 Å². The largest absolute Gasteiger partial charge is 0.377 e. The van der Waals surface area contributed by atoms with E-state index in [1.165, 1.54) is 18.9 Å². The van der Waals surface area contributed by atoms with Crippen LogP contribution in [0.15, 0.2) is 4.63 Å². The van der Waals surface area contributed by atoms with Crippen LogP contribution in [0.1, 0.15) is 24.7 Å². The van der Waals surface area contributed by atoms with Gasteiger partial charge in [-0.15, -0.1) is 0 Å². The minimum absolute atomic E-state index is 0.0629. The standard InChI is InChI=1S/C15H24N4O5/c1-11-13(17-24-16-11)8-18(3)14(21)7-15(22-4)9-19(12(2)20)5-6-23-10-15/h5-10H2,1-4H3/t15-/m0/s1. The lowest BCUT2D eigenvalue weighted by atomic mass is 9.98. The molecule has 1 atom stereocenters. The van der Waals surface area contributed by atoms with Crippen LogP contribution >= 0.6 is 0 Å². The molecule has 0 spiro atoms. The van der Waals surface area contributed by atoms with Crippen molar-refractivity contribution in [1.29, 1.82) is 0 Å². The van der Waals surface area contributed by atoms with E-state index in [2.05, 4.69) is 14.9 Å². The van der Waals surface area contributed by atoms with Gasteiger partial charge in [0.1, 0.15) is 17.0 Å². The fraction of sp³-hybridized carbons (Fsp3) is 0.733. The Labute approximate surface area is 140 Å². The number of hydrogen-bond acceptors (Lipinski definition) is 7. The van der Waals surface area contributed by atoms with Crippen LogP contribution < -0.4 is 0 Å². The minimum atomic E-state index is -0.857. The molecule has 0 aromatic carbocycles. The molecular weight excluding hydrogens is 316 g/mol. The van der Waals surface area contributed by atoms with Crippen molar-refractivity contribution in [3.05, 3.63) is 11.4 Å². The Bertz CT molecular complexity index is 590. The number of aryl methyl sites for hydroxylation is 1. The molecule has 1 aromatic heterocycles. The van der Waals surface area contributed by atoms with Crippen LogP contribution in [0, 0.1) is 6.92 Å². The van der Waals surface area contributed by atoms with Crippen molar-refractivity contribution < 1.29 is 23.7 Å². The maximum atomic E-state index is 12.6. The minimum Gasteiger partial charge on any atom is -0.377 e. The van der Waals surface area contributed by atoms with Gasteiger partial charge >= 0.3 is 0 Å². The second kappa shape index (κ2) is 7.71. The van der Waals surface area contributed by atoms with Gasteiger partial charge in [-0.1, -0.05) is 10.3 Å². The molecule has 0 N–H and O–H groups in total. The van der Waals surface area contributed by atoms with Gasteiger partial charge in [-0.3, -0.25) is 9.59 Å². The zero-order chi connectivity index (χ0) is 17.7. The molecule has 2 amide bonds. The highest BCUT2D eigenvalue weighted by Gasteiger charge is 2.38. The van der Waals surface area contributed by atoms with Crippen molar-refractivity contribution in [1.82, 2.24) is 20.1 Å². The number of carbonyl (C=O) groups excluding carboxylic acids is 2. The first-order chi connectivity index (χ1) is 11.4. The molecular formula is C15H24N4O5. The second-order valence-electron chi connectivity index (χ2n) is 6.10. The predicted molar refractivity (Wildman–Crippen MR) is 82.9 cm³/mol. The Morgan fingerprint density at radius 3 is 2.75 bits per heavy atom. The van der Waals surface area contributed by atoms with Gasteiger partial charge in [-0.05, 0) is 6.92 Å². The normalized spacial score (nSPS) is 21.4. The third-order valence-corrected chi connectivity index (χ3v) is 4.26. The van der Waals surface area contributed by atoms with Crippen molar-refractivity contribution in [2.24, 2.45) is 0 Å². The third-order valence-electron chi connectivity index (χ3n) is 4.26. The van der Waals surface area contributed by atoms with Crippen molar-refractivity contribution >= 4 is 11.8 Å². The number of amides is 2. The Morgan fingerprint density at radius 1 is 1.42 bits per heavy atom. The Morgan fingerprint density at radius 2 is 2.17 bits per heavy atom. The molecule has 1 aliphatic heterocycles. The summed E-state index contributed by atoms with van der Waals surface area (Å²) in [6.07, 6.45) is 0.105. The highest BCUT2D eigenvalue weighted by atomic mass is 16.6. The van der Waals surface area contributed by atoms with Gasteiger partial charge in [0.05, 0.1) is 32.7 Å². The molecule has 1 aliphatic rings. The predicted octanol–water partition coefficient (Wildman–Crippen LogP) is -0.00958. The highest BCUT2D eigenvalue weighted by molar-refractivity contribution is 5.77. The van der Waals surface area contributed by atoms with Crippen molar-refractivity contribution in [2.75, 3.05) is 40.5 Å². The molecule has 134 valence electrons. The quantitative estimate of drug-likeness (QED) is 0.743. The zero-order valence-corrected chi connectivity index (χ0v) is 14.6. The molecule has 0 aliphatic carbocycles. The van der Waals surface area contributed by atoms with Crippen LogP contribution in [0.4, 0.5) is 0 Å². The second-order valence-corrected chi connectivity index (χ2v) is 6.10. The number of nitrogens with zero attached hydrogens (tertiary/aromatic N) is 4. The molecule has 24 heavy (non-hydrogen) atoms. The summed E-state index contributed by atoms with van der Waals surface area (Å²) in [6.45, 7) is 5.07. The lowest BCUT2D eigenvalue weighted by Crippen LogP contribution is -2.50. The van der Waals surface area contributed by atoms with E-state index in [4.69, 9.17) is 9.47 Å². The van der Waals surface area contributed by atoms with Crippen molar-refractivity contribution in [2.45, 2.75) is 32.4 Å². The van der Waals surface area contributed by atoms with Crippen LogP contribution in [0.2, 0.25) is 0 Å². The fourth-order valence-electron chi connectivity index (χ4n) is 2.59. The number of hydrogen-bond donors (Lipinski definition) is 0. The van der Waals surface area contributed by atoms with E-state index < -0.39 is 5.60 Å². The first-order valence-electron chi connectivity index (χ1n) is 7.77. The number of carbonyl (C=O) groups is 2. The van der Waals surface area contributed by atoms with E-state index >= 15 is 0 Å².